The lowest BCUT2D eigenvalue weighted by atomic mass is 9.82. The van der Waals surface area contributed by atoms with Crippen LogP contribution in [0.4, 0.5) is 0 Å². The maximum atomic E-state index is 13.9. The Balaban J connectivity index is 1.80. The fourth-order valence-electron chi connectivity index (χ4n) is 4.54. The highest BCUT2D eigenvalue weighted by Gasteiger charge is 2.46. The third kappa shape index (κ3) is 3.99. The van der Waals surface area contributed by atoms with E-state index in [1.165, 1.54) is 6.07 Å². The molecule has 4 rings (SSSR count). The van der Waals surface area contributed by atoms with Crippen molar-refractivity contribution in [3.63, 3.8) is 0 Å². The zero-order chi connectivity index (χ0) is 24.6. The van der Waals surface area contributed by atoms with Crippen LogP contribution in [0.3, 0.4) is 0 Å². The van der Waals surface area contributed by atoms with Crippen LogP contribution in [-0.2, 0) is 9.59 Å². The minimum atomic E-state index is -1.55. The molecule has 1 aliphatic rings. The number of hydrogen-bond donors (Lipinski definition) is 3. The largest absolute Gasteiger partial charge is 0.480 e. The quantitative estimate of drug-likeness (QED) is 0.337. The Kier molecular flexibility index (Phi) is 6.54. The SMILES string of the molecule is CCC[C@@H](C(=O)[C@@H](c1ccc2ccccc2c1)[C@H](N)C(=O)O)N1C(=O)c2cccc(S)c2C1=O. The molecule has 0 aromatic heterocycles. The number of carbonyl (C=O) groups is 4. The number of imide groups is 1. The van der Waals surface area contributed by atoms with Crippen molar-refractivity contribution in [1.29, 1.82) is 0 Å². The first-order chi connectivity index (χ1) is 16.3. The maximum absolute atomic E-state index is 13.9. The highest BCUT2D eigenvalue weighted by Crippen LogP contribution is 2.34. The first kappa shape index (κ1) is 23.7. The third-order valence-corrected chi connectivity index (χ3v) is 6.58. The van der Waals surface area contributed by atoms with Gasteiger partial charge in [-0.3, -0.25) is 24.1 Å². The minimum Gasteiger partial charge on any atom is -0.480 e. The molecule has 0 saturated carbocycles. The molecule has 1 heterocycles. The Hall–Kier alpha value is -3.49. The van der Waals surface area contributed by atoms with E-state index in [4.69, 9.17) is 5.73 Å². The zero-order valence-corrected chi connectivity index (χ0v) is 19.4. The molecule has 8 heteroatoms. The molecule has 3 N–H and O–H groups in total. The van der Waals surface area contributed by atoms with Crippen LogP contribution in [0.2, 0.25) is 0 Å². The lowest BCUT2D eigenvalue weighted by Crippen LogP contribution is -2.51. The van der Waals surface area contributed by atoms with Crippen molar-refractivity contribution in [3.05, 3.63) is 77.4 Å². The Morgan fingerprint density at radius 1 is 1.00 bits per heavy atom. The van der Waals surface area contributed by atoms with Gasteiger partial charge in [-0.25, -0.2) is 0 Å². The van der Waals surface area contributed by atoms with Crippen LogP contribution in [0.1, 0.15) is 52.0 Å². The van der Waals surface area contributed by atoms with Gasteiger partial charge in [0.1, 0.15) is 6.04 Å². The fraction of sp³-hybridized carbons (Fsp3) is 0.231. The molecule has 0 unspecified atom stereocenters. The number of thiol groups is 1. The minimum absolute atomic E-state index is 0.148. The fourth-order valence-corrected chi connectivity index (χ4v) is 4.84. The molecule has 0 radical (unpaired) electrons. The lowest BCUT2D eigenvalue weighted by molar-refractivity contribution is -0.141. The number of hydrogen-bond acceptors (Lipinski definition) is 6. The van der Waals surface area contributed by atoms with E-state index in [-0.39, 0.29) is 17.5 Å². The van der Waals surface area contributed by atoms with Crippen LogP contribution >= 0.6 is 12.6 Å². The molecule has 0 spiro atoms. The Labute approximate surface area is 202 Å². The molecule has 0 bridgehead atoms. The second-order valence-corrected chi connectivity index (χ2v) is 8.82. The maximum Gasteiger partial charge on any atom is 0.321 e. The summed E-state index contributed by atoms with van der Waals surface area (Å²) in [6, 6.07) is 14.7. The summed E-state index contributed by atoms with van der Waals surface area (Å²) in [5.74, 6) is -4.38. The second-order valence-electron chi connectivity index (χ2n) is 8.34. The number of nitrogens with two attached hydrogens (primary N) is 1. The molecular weight excluding hydrogens is 452 g/mol. The summed E-state index contributed by atoms with van der Waals surface area (Å²) in [7, 11) is 0. The van der Waals surface area contributed by atoms with Crippen molar-refractivity contribution in [2.75, 3.05) is 0 Å². The topological polar surface area (TPSA) is 118 Å². The number of carbonyl (C=O) groups excluding carboxylic acids is 3. The monoisotopic (exact) mass is 476 g/mol. The number of carboxylic acid groups (broad SMARTS) is 1. The predicted molar refractivity (Wildman–Crippen MR) is 130 cm³/mol. The van der Waals surface area contributed by atoms with E-state index in [0.717, 1.165) is 15.7 Å². The van der Waals surface area contributed by atoms with Crippen molar-refractivity contribution in [2.24, 2.45) is 5.73 Å². The smallest absolute Gasteiger partial charge is 0.321 e. The normalized spacial score (nSPS) is 15.8. The highest BCUT2D eigenvalue weighted by atomic mass is 32.1. The summed E-state index contributed by atoms with van der Waals surface area (Å²) < 4.78 is 0. The Bertz CT molecular complexity index is 1320. The zero-order valence-electron chi connectivity index (χ0n) is 18.5. The van der Waals surface area contributed by atoms with E-state index in [1.54, 1.807) is 30.3 Å². The van der Waals surface area contributed by atoms with E-state index in [1.807, 2.05) is 31.2 Å². The summed E-state index contributed by atoms with van der Waals surface area (Å²) in [6.45, 7) is 1.82. The van der Waals surface area contributed by atoms with E-state index < -0.39 is 41.6 Å². The third-order valence-electron chi connectivity index (χ3n) is 6.21. The Morgan fingerprint density at radius 2 is 1.71 bits per heavy atom. The van der Waals surface area contributed by atoms with E-state index in [0.29, 0.717) is 16.9 Å². The molecule has 174 valence electrons. The summed E-state index contributed by atoms with van der Waals surface area (Å²) >= 11 is 4.31. The van der Waals surface area contributed by atoms with Crippen LogP contribution in [0.25, 0.3) is 10.8 Å². The molecule has 3 atom stereocenters. The summed E-state index contributed by atoms with van der Waals surface area (Å²) in [6.07, 6.45) is 0.674. The van der Waals surface area contributed by atoms with Crippen molar-refractivity contribution in [3.8, 4) is 0 Å². The van der Waals surface area contributed by atoms with Gasteiger partial charge in [-0.15, -0.1) is 12.6 Å². The first-order valence-electron chi connectivity index (χ1n) is 11.0. The molecule has 0 fully saturated rings. The summed E-state index contributed by atoms with van der Waals surface area (Å²) in [5.41, 5.74) is 6.77. The molecule has 2 amide bonds. The summed E-state index contributed by atoms with van der Waals surface area (Å²) in [4.78, 5) is 53.5. The lowest BCUT2D eigenvalue weighted by Gasteiger charge is -2.30. The standard InChI is InChI=1S/C26H24N2O5S/c1-2-6-18(28-24(30)17-9-5-10-19(34)21(17)25(28)31)23(29)20(22(27)26(32)33)16-12-11-14-7-3-4-8-15(14)13-16/h3-5,7-13,18,20,22,34H,2,6,27H2,1H3,(H,32,33)/t18-,20-,22-/m0/s1. The van der Waals surface area contributed by atoms with Crippen LogP contribution in [-0.4, -0.2) is 45.7 Å². The van der Waals surface area contributed by atoms with E-state index in [2.05, 4.69) is 12.6 Å². The van der Waals surface area contributed by atoms with Crippen molar-refractivity contribution in [2.45, 2.75) is 42.7 Å². The van der Waals surface area contributed by atoms with Gasteiger partial charge in [0.2, 0.25) is 0 Å². The molecule has 34 heavy (non-hydrogen) atoms. The van der Waals surface area contributed by atoms with Crippen LogP contribution in [0.5, 0.6) is 0 Å². The molecule has 3 aromatic rings. The van der Waals surface area contributed by atoms with Crippen LogP contribution in [0, 0.1) is 0 Å². The van der Waals surface area contributed by atoms with Gasteiger partial charge >= 0.3 is 5.97 Å². The number of carboxylic acids is 1. The number of benzene rings is 3. The highest BCUT2D eigenvalue weighted by molar-refractivity contribution is 7.80. The predicted octanol–water partition coefficient (Wildman–Crippen LogP) is 3.66. The van der Waals surface area contributed by atoms with Gasteiger partial charge < -0.3 is 10.8 Å². The number of aliphatic carboxylic acids is 1. The molecule has 1 aliphatic heterocycles. The van der Waals surface area contributed by atoms with Crippen molar-refractivity contribution < 1.29 is 24.3 Å². The average molecular weight is 477 g/mol. The van der Waals surface area contributed by atoms with Gasteiger partial charge in [-0.1, -0.05) is 61.9 Å². The van der Waals surface area contributed by atoms with Crippen molar-refractivity contribution in [1.82, 2.24) is 4.90 Å². The number of ketones is 1. The van der Waals surface area contributed by atoms with Gasteiger partial charge in [0.05, 0.1) is 23.1 Å². The number of nitrogens with zero attached hydrogens (tertiary/aromatic N) is 1. The number of fused-ring (bicyclic) bond motifs is 2. The number of rotatable bonds is 8. The average Bonchev–Trinajstić information content (AvgIpc) is 3.08. The first-order valence-corrected chi connectivity index (χ1v) is 11.4. The van der Waals surface area contributed by atoms with E-state index in [9.17, 15) is 24.3 Å². The van der Waals surface area contributed by atoms with Crippen LogP contribution < -0.4 is 5.73 Å². The second kappa shape index (κ2) is 9.40. The summed E-state index contributed by atoms with van der Waals surface area (Å²) in [5, 5.41) is 11.4. The molecular formula is C26H24N2O5S. The number of Topliss-reactive ketones (excluding diaryl/α,β-unsaturated/α-hetero) is 1. The van der Waals surface area contributed by atoms with Gasteiger partial charge in [0.25, 0.3) is 11.8 Å². The molecule has 3 aromatic carbocycles. The van der Waals surface area contributed by atoms with E-state index >= 15 is 0 Å². The Morgan fingerprint density at radius 3 is 2.35 bits per heavy atom. The molecule has 0 saturated heterocycles. The van der Waals surface area contributed by atoms with Gasteiger partial charge in [-0.2, -0.15) is 0 Å². The van der Waals surface area contributed by atoms with Gasteiger partial charge in [-0.05, 0) is 34.9 Å². The van der Waals surface area contributed by atoms with Crippen molar-refractivity contribution >= 4 is 47.0 Å². The molecule has 0 aliphatic carbocycles. The van der Waals surface area contributed by atoms with Gasteiger partial charge in [0.15, 0.2) is 5.78 Å². The number of amides is 2. The van der Waals surface area contributed by atoms with Gasteiger partial charge in [0, 0.05) is 4.90 Å². The van der Waals surface area contributed by atoms with Crippen LogP contribution in [0.15, 0.2) is 65.6 Å². The molecule has 7 nitrogen and oxygen atoms in total.